The maximum absolute atomic E-state index is 12.3. The van der Waals surface area contributed by atoms with Crippen LogP contribution in [0, 0.1) is 12.3 Å². The Labute approximate surface area is 175 Å². The number of alkyl halides is 2. The molecule has 0 saturated heterocycles. The summed E-state index contributed by atoms with van der Waals surface area (Å²) in [6, 6.07) is 0. The lowest BCUT2D eigenvalue weighted by Crippen LogP contribution is -2.27. The first-order valence-corrected chi connectivity index (χ1v) is 9.93. The van der Waals surface area contributed by atoms with Gasteiger partial charge in [0, 0.05) is 13.5 Å². The second-order valence-electron chi connectivity index (χ2n) is 6.40. The van der Waals surface area contributed by atoms with Gasteiger partial charge in [-0.3, -0.25) is 14.4 Å². The van der Waals surface area contributed by atoms with Gasteiger partial charge in [0.2, 0.25) is 0 Å². The number of amides is 2. The van der Waals surface area contributed by atoms with Crippen molar-refractivity contribution in [1.82, 2.24) is 5.32 Å². The molecule has 11 heteroatoms. The monoisotopic (exact) mass is 450 g/mol. The average molecular weight is 451 g/mol. The van der Waals surface area contributed by atoms with E-state index >= 15 is 0 Å². The molecule has 2 amide bonds. The molecule has 1 fully saturated rings. The molecule has 2 rings (SSSR count). The number of hydrogen-bond acceptors (Lipinski definition) is 7. The SMILES string of the molecule is CCOC(=O)c1c(NC(=O)COC(=O)[C@]2(C)CC2(Cl)Cl)sc(C(=O)NC)c1C. The molecule has 2 N–H and O–H groups in total. The summed E-state index contributed by atoms with van der Waals surface area (Å²) in [5.74, 6) is -2.44. The Bertz CT molecular complexity index is 838. The second-order valence-corrected chi connectivity index (χ2v) is 8.90. The van der Waals surface area contributed by atoms with E-state index in [-0.39, 0.29) is 28.5 Å². The largest absolute Gasteiger partial charge is 0.462 e. The molecular weight excluding hydrogens is 431 g/mol. The average Bonchev–Trinajstić information content (AvgIpc) is 2.98. The van der Waals surface area contributed by atoms with Crippen LogP contribution in [0.15, 0.2) is 0 Å². The van der Waals surface area contributed by atoms with E-state index in [0.717, 1.165) is 11.3 Å². The molecule has 0 unspecified atom stereocenters. The van der Waals surface area contributed by atoms with Crippen molar-refractivity contribution in [2.75, 3.05) is 25.6 Å². The van der Waals surface area contributed by atoms with Crippen molar-refractivity contribution in [1.29, 1.82) is 0 Å². The highest BCUT2D eigenvalue weighted by atomic mass is 35.5. The number of ether oxygens (including phenoxy) is 2. The molecule has 1 aliphatic carbocycles. The maximum atomic E-state index is 12.3. The number of rotatable bonds is 7. The quantitative estimate of drug-likeness (QED) is 0.487. The smallest absolute Gasteiger partial charge is 0.341 e. The predicted molar refractivity (Wildman–Crippen MR) is 105 cm³/mol. The highest BCUT2D eigenvalue weighted by molar-refractivity contribution is 7.18. The normalized spacial score (nSPS) is 19.5. The van der Waals surface area contributed by atoms with Gasteiger partial charge in [-0.2, -0.15) is 0 Å². The fourth-order valence-electron chi connectivity index (χ4n) is 2.46. The van der Waals surface area contributed by atoms with E-state index < -0.39 is 40.1 Å². The van der Waals surface area contributed by atoms with Crippen LogP contribution < -0.4 is 10.6 Å². The zero-order chi connectivity index (χ0) is 21.3. The van der Waals surface area contributed by atoms with Gasteiger partial charge in [-0.05, 0) is 26.3 Å². The summed E-state index contributed by atoms with van der Waals surface area (Å²) in [5, 5.41) is 5.10. The highest BCUT2D eigenvalue weighted by Gasteiger charge is 2.69. The minimum atomic E-state index is -1.20. The second kappa shape index (κ2) is 8.26. The van der Waals surface area contributed by atoms with E-state index in [9.17, 15) is 19.2 Å². The van der Waals surface area contributed by atoms with Crippen LogP contribution in [0.2, 0.25) is 0 Å². The molecule has 154 valence electrons. The molecular formula is C17H20Cl2N2O6S. The molecule has 0 spiro atoms. The van der Waals surface area contributed by atoms with Gasteiger partial charge in [0.1, 0.15) is 14.7 Å². The van der Waals surface area contributed by atoms with Gasteiger partial charge in [-0.1, -0.05) is 0 Å². The predicted octanol–water partition coefficient (Wildman–Crippen LogP) is 2.66. The van der Waals surface area contributed by atoms with Gasteiger partial charge in [0.25, 0.3) is 11.8 Å². The molecule has 0 bridgehead atoms. The van der Waals surface area contributed by atoms with Crippen LogP contribution in [0.5, 0.6) is 0 Å². The van der Waals surface area contributed by atoms with Crippen molar-refractivity contribution < 1.29 is 28.7 Å². The molecule has 1 heterocycles. The Balaban J connectivity index is 2.13. The number of halogens is 2. The van der Waals surface area contributed by atoms with Crippen molar-refractivity contribution in [3.63, 3.8) is 0 Å². The summed E-state index contributed by atoms with van der Waals surface area (Å²) in [6.45, 7) is 4.31. The van der Waals surface area contributed by atoms with E-state index in [1.807, 2.05) is 0 Å². The summed E-state index contributed by atoms with van der Waals surface area (Å²) in [5.41, 5.74) is -0.590. The van der Waals surface area contributed by atoms with Gasteiger partial charge in [-0.15, -0.1) is 34.5 Å². The zero-order valence-corrected chi connectivity index (χ0v) is 18.1. The fraction of sp³-hybridized carbons (Fsp3) is 0.529. The first kappa shape index (κ1) is 22.4. The summed E-state index contributed by atoms with van der Waals surface area (Å²) in [6.07, 6.45) is 0.232. The first-order chi connectivity index (χ1) is 13.0. The van der Waals surface area contributed by atoms with Crippen LogP contribution in [0.3, 0.4) is 0 Å². The third-order valence-electron chi connectivity index (χ3n) is 4.36. The lowest BCUT2D eigenvalue weighted by atomic mass is 10.1. The summed E-state index contributed by atoms with van der Waals surface area (Å²) in [7, 11) is 1.45. The van der Waals surface area contributed by atoms with Gasteiger partial charge in [0.05, 0.1) is 17.0 Å². The van der Waals surface area contributed by atoms with Crippen LogP contribution >= 0.6 is 34.5 Å². The topological polar surface area (TPSA) is 111 Å². The van der Waals surface area contributed by atoms with Crippen LogP contribution in [0.4, 0.5) is 5.00 Å². The molecule has 0 radical (unpaired) electrons. The van der Waals surface area contributed by atoms with E-state index in [2.05, 4.69) is 10.6 Å². The van der Waals surface area contributed by atoms with E-state index in [1.54, 1.807) is 20.8 Å². The standard InChI is InChI=1S/C17H20Cl2N2O6S/c1-5-26-14(24)10-8(2)11(12(23)20-4)28-13(10)21-9(22)6-27-15(25)16(3)7-17(16,18)19/h5-7H2,1-4H3,(H,20,23)(H,21,22)/t16-/m0/s1. The van der Waals surface area contributed by atoms with Crippen LogP contribution in [0.25, 0.3) is 0 Å². The number of carbonyl (C=O) groups is 4. The Morgan fingerprint density at radius 1 is 1.21 bits per heavy atom. The fourth-order valence-corrected chi connectivity index (χ4v) is 4.30. The van der Waals surface area contributed by atoms with E-state index in [0.29, 0.717) is 5.56 Å². The van der Waals surface area contributed by atoms with Crippen molar-refractivity contribution in [3.05, 3.63) is 16.0 Å². The third kappa shape index (κ3) is 4.26. The van der Waals surface area contributed by atoms with E-state index in [1.165, 1.54) is 7.05 Å². The molecule has 1 aliphatic rings. The molecule has 0 aromatic carbocycles. The summed E-state index contributed by atoms with van der Waals surface area (Å²) < 4.78 is 8.78. The maximum Gasteiger partial charge on any atom is 0.341 e. The Morgan fingerprint density at radius 3 is 2.32 bits per heavy atom. The Kier molecular flexibility index (Phi) is 6.62. The Hall–Kier alpha value is -1.84. The van der Waals surface area contributed by atoms with Crippen molar-refractivity contribution in [2.45, 2.75) is 31.5 Å². The number of esters is 2. The molecule has 28 heavy (non-hydrogen) atoms. The molecule has 0 aliphatic heterocycles. The molecule has 1 atom stereocenters. The highest BCUT2D eigenvalue weighted by Crippen LogP contribution is 2.64. The molecule has 1 aromatic rings. The lowest BCUT2D eigenvalue weighted by Gasteiger charge is -2.12. The molecule has 8 nitrogen and oxygen atoms in total. The number of anilines is 1. The van der Waals surface area contributed by atoms with Crippen LogP contribution in [-0.2, 0) is 19.1 Å². The molecule has 1 aromatic heterocycles. The van der Waals surface area contributed by atoms with Crippen molar-refractivity contribution in [3.8, 4) is 0 Å². The number of hydrogen-bond donors (Lipinski definition) is 2. The zero-order valence-electron chi connectivity index (χ0n) is 15.7. The minimum Gasteiger partial charge on any atom is -0.462 e. The number of carbonyl (C=O) groups excluding carboxylic acids is 4. The minimum absolute atomic E-state index is 0.0832. The van der Waals surface area contributed by atoms with Crippen molar-refractivity contribution >= 4 is 63.3 Å². The summed E-state index contributed by atoms with van der Waals surface area (Å²) in [4.78, 5) is 48.8. The first-order valence-electron chi connectivity index (χ1n) is 8.36. The molecule has 1 saturated carbocycles. The van der Waals surface area contributed by atoms with Crippen LogP contribution in [0.1, 0.15) is 45.9 Å². The third-order valence-corrected chi connectivity index (χ3v) is 6.66. The van der Waals surface area contributed by atoms with Crippen molar-refractivity contribution in [2.24, 2.45) is 5.41 Å². The number of thiophene rings is 1. The van der Waals surface area contributed by atoms with Gasteiger partial charge >= 0.3 is 11.9 Å². The van der Waals surface area contributed by atoms with Gasteiger partial charge in [0.15, 0.2) is 6.61 Å². The lowest BCUT2D eigenvalue weighted by molar-refractivity contribution is -0.152. The Morgan fingerprint density at radius 2 is 1.82 bits per heavy atom. The van der Waals surface area contributed by atoms with Gasteiger partial charge < -0.3 is 20.1 Å². The number of nitrogens with one attached hydrogen (secondary N) is 2. The van der Waals surface area contributed by atoms with E-state index in [4.69, 9.17) is 32.7 Å². The summed E-state index contributed by atoms with van der Waals surface area (Å²) >= 11 is 12.8. The van der Waals surface area contributed by atoms with Crippen LogP contribution in [-0.4, -0.2) is 48.3 Å². The van der Waals surface area contributed by atoms with Gasteiger partial charge in [-0.25, -0.2) is 4.79 Å².